The van der Waals surface area contributed by atoms with Crippen LogP contribution in [0.2, 0.25) is 0 Å². The number of nitrogens with zero attached hydrogens (tertiary/aromatic N) is 1. The molecule has 1 aliphatic rings. The summed E-state index contributed by atoms with van der Waals surface area (Å²) < 4.78 is 5.96. The van der Waals surface area contributed by atoms with Gasteiger partial charge in [0.2, 0.25) is 0 Å². The van der Waals surface area contributed by atoms with Gasteiger partial charge in [0.1, 0.15) is 5.75 Å². The molecule has 0 saturated carbocycles. The summed E-state index contributed by atoms with van der Waals surface area (Å²) in [6.07, 6.45) is 2.07. The fourth-order valence-electron chi connectivity index (χ4n) is 4.17. The van der Waals surface area contributed by atoms with E-state index in [1.165, 1.54) is 5.56 Å². The molecule has 0 unspecified atom stereocenters. The van der Waals surface area contributed by atoms with Crippen molar-refractivity contribution in [3.63, 3.8) is 0 Å². The monoisotopic (exact) mass is 464 g/mol. The quantitative estimate of drug-likeness (QED) is 0.575. The molecule has 34 heavy (non-hydrogen) atoms. The highest BCUT2D eigenvalue weighted by atomic mass is 16.5. The maximum atomic E-state index is 12.9. The van der Waals surface area contributed by atoms with Crippen LogP contribution in [0.25, 0.3) is 0 Å². The van der Waals surface area contributed by atoms with Crippen LogP contribution in [0.15, 0.2) is 42.5 Å². The molecule has 184 valence electrons. The van der Waals surface area contributed by atoms with E-state index < -0.39 is 0 Å². The Hall–Kier alpha value is -2.82. The third-order valence-electron chi connectivity index (χ3n) is 6.48. The van der Waals surface area contributed by atoms with E-state index in [9.17, 15) is 9.59 Å². The summed E-state index contributed by atoms with van der Waals surface area (Å²) >= 11 is 0. The zero-order valence-electron chi connectivity index (χ0n) is 21.8. The van der Waals surface area contributed by atoms with Gasteiger partial charge in [0, 0.05) is 24.3 Å². The molecule has 0 aliphatic carbocycles. The molecular formula is C29H40N2O3. The van der Waals surface area contributed by atoms with Gasteiger partial charge in [-0.3, -0.25) is 9.59 Å². The number of anilines is 1. The van der Waals surface area contributed by atoms with Crippen molar-refractivity contribution in [2.24, 2.45) is 5.92 Å². The van der Waals surface area contributed by atoms with Crippen molar-refractivity contribution in [2.75, 3.05) is 25.0 Å². The highest BCUT2D eigenvalue weighted by Crippen LogP contribution is 2.35. The molecule has 0 bridgehead atoms. The Kier molecular flexibility index (Phi) is 7.74. The summed E-state index contributed by atoms with van der Waals surface area (Å²) in [5, 5.41) is 2.88. The maximum Gasteiger partial charge on any atom is 0.262 e. The van der Waals surface area contributed by atoms with Crippen LogP contribution in [-0.2, 0) is 15.6 Å². The number of piperidine rings is 1. The lowest BCUT2D eigenvalue weighted by Gasteiger charge is -2.30. The van der Waals surface area contributed by atoms with E-state index in [0.29, 0.717) is 17.2 Å². The number of hydrogen-bond donors (Lipinski definition) is 1. The first kappa shape index (κ1) is 25.8. The third kappa shape index (κ3) is 6.62. The maximum absolute atomic E-state index is 12.9. The Balaban J connectivity index is 1.66. The van der Waals surface area contributed by atoms with Gasteiger partial charge in [-0.2, -0.15) is 0 Å². The van der Waals surface area contributed by atoms with Crippen LogP contribution in [0.4, 0.5) is 5.69 Å². The summed E-state index contributed by atoms with van der Waals surface area (Å²) in [4.78, 5) is 27.4. The Bertz CT molecular complexity index is 1020. The fourth-order valence-corrected chi connectivity index (χ4v) is 4.17. The molecule has 1 aliphatic heterocycles. The minimum atomic E-state index is -0.254. The minimum Gasteiger partial charge on any atom is -0.483 e. The first-order chi connectivity index (χ1) is 15.8. The summed E-state index contributed by atoms with van der Waals surface area (Å²) in [6.45, 7) is 16.7. The molecule has 1 heterocycles. The van der Waals surface area contributed by atoms with Gasteiger partial charge < -0.3 is 15.0 Å². The average molecular weight is 465 g/mol. The standard InChI is InChI=1S/C29H40N2O3/c1-20-13-15-31(16-14-20)27(33)21-9-8-10-23(17-21)30-26(32)19-34-25-12-11-22(28(2,3)4)18-24(25)29(5,6)7/h8-12,17-18,20H,13-16,19H2,1-7H3,(H,30,32). The van der Waals surface area contributed by atoms with Gasteiger partial charge in [0.15, 0.2) is 6.61 Å². The molecule has 2 amide bonds. The topological polar surface area (TPSA) is 58.6 Å². The number of carbonyl (C=O) groups excluding carboxylic acids is 2. The highest BCUT2D eigenvalue weighted by Gasteiger charge is 2.24. The lowest BCUT2D eigenvalue weighted by molar-refractivity contribution is -0.118. The second-order valence-corrected chi connectivity index (χ2v) is 11.6. The van der Waals surface area contributed by atoms with E-state index >= 15 is 0 Å². The molecule has 0 atom stereocenters. The van der Waals surface area contributed by atoms with E-state index in [0.717, 1.165) is 37.2 Å². The molecule has 0 spiro atoms. The van der Waals surface area contributed by atoms with Gasteiger partial charge in [-0.1, -0.05) is 66.7 Å². The molecule has 5 nitrogen and oxygen atoms in total. The average Bonchev–Trinajstić information content (AvgIpc) is 2.76. The predicted molar refractivity (Wildman–Crippen MR) is 139 cm³/mol. The van der Waals surface area contributed by atoms with Crippen molar-refractivity contribution in [3.05, 3.63) is 59.2 Å². The van der Waals surface area contributed by atoms with Gasteiger partial charge in [-0.25, -0.2) is 0 Å². The number of carbonyl (C=O) groups is 2. The first-order valence-corrected chi connectivity index (χ1v) is 12.3. The summed E-state index contributed by atoms with van der Waals surface area (Å²) in [7, 11) is 0. The van der Waals surface area contributed by atoms with Crippen LogP contribution in [0.3, 0.4) is 0 Å². The number of likely N-dealkylation sites (tertiary alicyclic amines) is 1. The lowest BCUT2D eigenvalue weighted by Crippen LogP contribution is -2.37. The number of rotatable bonds is 5. The first-order valence-electron chi connectivity index (χ1n) is 12.3. The molecule has 5 heteroatoms. The number of benzene rings is 2. The van der Waals surface area contributed by atoms with Gasteiger partial charge in [-0.15, -0.1) is 0 Å². The zero-order valence-corrected chi connectivity index (χ0v) is 21.8. The number of amides is 2. The molecular weight excluding hydrogens is 424 g/mol. The van der Waals surface area contributed by atoms with Crippen LogP contribution in [0, 0.1) is 5.92 Å². The van der Waals surface area contributed by atoms with Gasteiger partial charge in [0.25, 0.3) is 11.8 Å². The van der Waals surface area contributed by atoms with E-state index in [1.54, 1.807) is 24.3 Å². The van der Waals surface area contributed by atoms with E-state index in [4.69, 9.17) is 4.74 Å². The van der Waals surface area contributed by atoms with Crippen LogP contribution in [0.5, 0.6) is 5.75 Å². The van der Waals surface area contributed by atoms with Crippen molar-refractivity contribution in [3.8, 4) is 5.75 Å². The smallest absolute Gasteiger partial charge is 0.262 e. The molecule has 2 aromatic rings. The molecule has 0 radical (unpaired) electrons. The largest absolute Gasteiger partial charge is 0.483 e. The van der Waals surface area contributed by atoms with Gasteiger partial charge >= 0.3 is 0 Å². The summed E-state index contributed by atoms with van der Waals surface area (Å²) in [5.74, 6) is 1.15. The molecule has 1 fully saturated rings. The Labute approximate surface area is 204 Å². The Morgan fingerprint density at radius 2 is 1.65 bits per heavy atom. The van der Waals surface area contributed by atoms with Gasteiger partial charge in [-0.05, 0) is 65.0 Å². The van der Waals surface area contributed by atoms with Crippen LogP contribution in [-0.4, -0.2) is 36.4 Å². The third-order valence-corrected chi connectivity index (χ3v) is 6.48. The van der Waals surface area contributed by atoms with Crippen LogP contribution in [0.1, 0.15) is 82.8 Å². The highest BCUT2D eigenvalue weighted by molar-refractivity contribution is 5.97. The summed E-state index contributed by atoms with van der Waals surface area (Å²) in [6, 6.07) is 13.4. The number of hydrogen-bond acceptors (Lipinski definition) is 3. The summed E-state index contributed by atoms with van der Waals surface area (Å²) in [5.41, 5.74) is 3.43. The molecule has 3 rings (SSSR count). The van der Waals surface area contributed by atoms with E-state index in [1.807, 2.05) is 11.0 Å². The SMILES string of the molecule is CC1CCN(C(=O)c2cccc(NC(=O)COc3ccc(C(C)(C)C)cc3C(C)(C)C)c2)CC1. The van der Waals surface area contributed by atoms with Gasteiger partial charge in [0.05, 0.1) is 0 Å². The molecule has 1 N–H and O–H groups in total. The fraction of sp³-hybridized carbons (Fsp3) is 0.517. The number of nitrogens with one attached hydrogen (secondary N) is 1. The lowest BCUT2D eigenvalue weighted by atomic mass is 9.80. The van der Waals surface area contributed by atoms with Crippen molar-refractivity contribution < 1.29 is 14.3 Å². The Morgan fingerprint density at radius 1 is 0.971 bits per heavy atom. The van der Waals surface area contributed by atoms with Crippen LogP contribution >= 0.6 is 0 Å². The van der Waals surface area contributed by atoms with Crippen molar-refractivity contribution in [1.82, 2.24) is 4.90 Å². The molecule has 1 saturated heterocycles. The normalized spacial score (nSPS) is 15.2. The second-order valence-electron chi connectivity index (χ2n) is 11.6. The zero-order chi connectivity index (χ0) is 25.1. The van der Waals surface area contributed by atoms with E-state index in [2.05, 4.69) is 65.9 Å². The van der Waals surface area contributed by atoms with Crippen LogP contribution < -0.4 is 10.1 Å². The second kappa shape index (κ2) is 10.2. The number of ether oxygens (including phenoxy) is 1. The predicted octanol–water partition coefficient (Wildman–Crippen LogP) is 6.17. The van der Waals surface area contributed by atoms with Crippen molar-refractivity contribution >= 4 is 17.5 Å². The molecule has 2 aromatic carbocycles. The van der Waals surface area contributed by atoms with E-state index in [-0.39, 0.29) is 29.3 Å². The van der Waals surface area contributed by atoms with Crippen molar-refractivity contribution in [1.29, 1.82) is 0 Å². The molecule has 0 aromatic heterocycles. The van der Waals surface area contributed by atoms with Crippen molar-refractivity contribution in [2.45, 2.75) is 72.1 Å². The minimum absolute atomic E-state index is 0.0213. The Morgan fingerprint density at radius 3 is 2.26 bits per heavy atom.